The second-order valence-corrected chi connectivity index (χ2v) is 9.21. The van der Waals surface area contributed by atoms with Crippen LogP contribution in [0, 0.1) is 5.92 Å². The van der Waals surface area contributed by atoms with E-state index in [-0.39, 0.29) is 22.7 Å². The molecule has 142 valence electrons. The third-order valence-electron chi connectivity index (χ3n) is 6.07. The molecule has 0 aromatic heterocycles. The number of nitrogens with zero attached hydrogens (tertiary/aromatic N) is 1. The van der Waals surface area contributed by atoms with Gasteiger partial charge in [0, 0.05) is 17.5 Å². The lowest BCUT2D eigenvalue weighted by molar-refractivity contribution is 0.0279. The summed E-state index contributed by atoms with van der Waals surface area (Å²) in [6.45, 7) is 0.636. The van der Waals surface area contributed by atoms with Crippen LogP contribution in [0.15, 0.2) is 48.5 Å². The Balaban J connectivity index is 1.75. The molecule has 2 aliphatic rings. The molecule has 2 aromatic rings. The maximum Gasteiger partial charge on any atom is 0.255 e. The summed E-state index contributed by atoms with van der Waals surface area (Å²) in [6.07, 6.45) is 5.21. The van der Waals surface area contributed by atoms with Crippen LogP contribution in [0.1, 0.15) is 54.1 Å². The van der Waals surface area contributed by atoms with E-state index in [1.807, 2.05) is 23.1 Å². The van der Waals surface area contributed by atoms with Crippen LogP contribution in [0.3, 0.4) is 0 Å². The van der Waals surface area contributed by atoms with Crippen LogP contribution in [-0.2, 0) is 0 Å². The fourth-order valence-electron chi connectivity index (χ4n) is 4.75. The number of rotatable bonds is 2. The van der Waals surface area contributed by atoms with Gasteiger partial charge in [-0.2, -0.15) is 0 Å². The largest absolute Gasteiger partial charge is 0.331 e. The Morgan fingerprint density at radius 2 is 1.81 bits per heavy atom. The van der Waals surface area contributed by atoms with Gasteiger partial charge in [-0.1, -0.05) is 66.4 Å². The Morgan fingerprint density at radius 3 is 2.56 bits per heavy atom. The maximum atomic E-state index is 13.4. The van der Waals surface area contributed by atoms with E-state index in [0.717, 1.165) is 31.2 Å². The molecule has 3 atom stereocenters. The molecule has 1 saturated carbocycles. The molecule has 4 rings (SSSR count). The van der Waals surface area contributed by atoms with Gasteiger partial charge >= 0.3 is 0 Å². The molecule has 1 saturated heterocycles. The van der Waals surface area contributed by atoms with Crippen molar-refractivity contribution >= 4 is 40.7 Å². The van der Waals surface area contributed by atoms with Crippen LogP contribution >= 0.6 is 34.8 Å². The highest BCUT2D eigenvalue weighted by Crippen LogP contribution is 2.53. The van der Waals surface area contributed by atoms with Crippen LogP contribution in [0.4, 0.5) is 0 Å². The number of fused-ring (bicyclic) bond motifs is 1. The molecule has 0 radical (unpaired) electrons. The molecule has 2 fully saturated rings. The molecule has 1 aliphatic carbocycles. The van der Waals surface area contributed by atoms with E-state index >= 15 is 0 Å². The van der Waals surface area contributed by atoms with E-state index < -0.39 is 0 Å². The Hall–Kier alpha value is -1.22. The highest BCUT2D eigenvalue weighted by atomic mass is 35.5. The normalized spacial score (nSPS) is 27.9. The average Bonchev–Trinajstić information content (AvgIpc) is 2.67. The van der Waals surface area contributed by atoms with Gasteiger partial charge in [0.15, 0.2) is 0 Å². The topological polar surface area (TPSA) is 20.3 Å². The smallest absolute Gasteiger partial charge is 0.255 e. The summed E-state index contributed by atoms with van der Waals surface area (Å²) >= 11 is 19.5. The first kappa shape index (κ1) is 19.1. The molecule has 3 unspecified atom stereocenters. The quantitative estimate of drug-likeness (QED) is 0.490. The van der Waals surface area contributed by atoms with Gasteiger partial charge in [0.2, 0.25) is 0 Å². The van der Waals surface area contributed by atoms with Crippen molar-refractivity contribution in [3.05, 3.63) is 69.7 Å². The molecule has 2 aromatic carbocycles. The molecule has 1 aliphatic heterocycles. The first-order chi connectivity index (χ1) is 13.0. The van der Waals surface area contributed by atoms with Crippen molar-refractivity contribution in [1.29, 1.82) is 0 Å². The van der Waals surface area contributed by atoms with Crippen LogP contribution in [0.5, 0.6) is 0 Å². The van der Waals surface area contributed by atoms with Gasteiger partial charge in [-0.05, 0) is 43.0 Å². The number of alkyl halides is 1. The molecule has 27 heavy (non-hydrogen) atoms. The maximum absolute atomic E-state index is 13.4. The first-order valence-electron chi connectivity index (χ1n) is 9.49. The minimum atomic E-state index is -0.223. The highest BCUT2D eigenvalue weighted by molar-refractivity contribution is 6.36. The van der Waals surface area contributed by atoms with Crippen molar-refractivity contribution in [2.75, 3.05) is 6.54 Å². The third kappa shape index (κ3) is 3.60. The van der Waals surface area contributed by atoms with Crippen molar-refractivity contribution in [3.63, 3.8) is 0 Å². The predicted molar refractivity (Wildman–Crippen MR) is 112 cm³/mol. The SMILES string of the molecule is O=C(c1ccc(Cl)cc1Cl)N1CCC2(Cl)CCCCC2C1c1ccccc1. The van der Waals surface area contributed by atoms with Gasteiger partial charge in [0.25, 0.3) is 5.91 Å². The van der Waals surface area contributed by atoms with Crippen molar-refractivity contribution in [2.45, 2.75) is 43.0 Å². The van der Waals surface area contributed by atoms with E-state index in [0.29, 0.717) is 22.2 Å². The Kier molecular flexibility index (Phi) is 5.42. The Morgan fingerprint density at radius 1 is 1.04 bits per heavy atom. The van der Waals surface area contributed by atoms with E-state index in [1.54, 1.807) is 18.2 Å². The Labute approximate surface area is 175 Å². The van der Waals surface area contributed by atoms with Gasteiger partial charge in [-0.3, -0.25) is 4.79 Å². The molecular formula is C22H22Cl3NO. The van der Waals surface area contributed by atoms with Crippen LogP contribution in [0.25, 0.3) is 0 Å². The fraction of sp³-hybridized carbons (Fsp3) is 0.409. The molecular weight excluding hydrogens is 401 g/mol. The van der Waals surface area contributed by atoms with E-state index in [9.17, 15) is 4.79 Å². The number of amides is 1. The summed E-state index contributed by atoms with van der Waals surface area (Å²) in [6, 6.07) is 15.3. The molecule has 2 nitrogen and oxygen atoms in total. The van der Waals surface area contributed by atoms with Crippen molar-refractivity contribution < 1.29 is 4.79 Å². The zero-order valence-corrected chi connectivity index (χ0v) is 17.3. The van der Waals surface area contributed by atoms with Crippen molar-refractivity contribution in [2.24, 2.45) is 5.92 Å². The van der Waals surface area contributed by atoms with E-state index in [1.165, 1.54) is 6.42 Å². The number of carbonyl (C=O) groups is 1. The number of benzene rings is 2. The van der Waals surface area contributed by atoms with Gasteiger partial charge in [-0.15, -0.1) is 11.6 Å². The van der Waals surface area contributed by atoms with E-state index in [2.05, 4.69) is 12.1 Å². The number of likely N-dealkylation sites (tertiary alicyclic amines) is 1. The fourth-order valence-corrected chi connectivity index (χ4v) is 5.68. The lowest BCUT2D eigenvalue weighted by Crippen LogP contribution is -2.53. The van der Waals surface area contributed by atoms with Crippen molar-refractivity contribution in [3.8, 4) is 0 Å². The van der Waals surface area contributed by atoms with Crippen LogP contribution in [0.2, 0.25) is 10.0 Å². The second kappa shape index (κ2) is 7.66. The van der Waals surface area contributed by atoms with Gasteiger partial charge in [0.05, 0.1) is 21.5 Å². The molecule has 5 heteroatoms. The third-order valence-corrected chi connectivity index (χ3v) is 7.28. The summed E-state index contributed by atoms with van der Waals surface area (Å²) in [4.78, 5) is 15.2. The number of carbonyl (C=O) groups excluding carboxylic acids is 1. The monoisotopic (exact) mass is 421 g/mol. The van der Waals surface area contributed by atoms with Gasteiger partial charge in [0.1, 0.15) is 0 Å². The molecule has 1 heterocycles. The number of piperidine rings is 1. The zero-order valence-electron chi connectivity index (χ0n) is 15.0. The molecule has 0 N–H and O–H groups in total. The summed E-state index contributed by atoms with van der Waals surface area (Å²) in [7, 11) is 0. The lowest BCUT2D eigenvalue weighted by Gasteiger charge is -2.52. The molecule has 0 bridgehead atoms. The summed E-state index contributed by atoms with van der Waals surface area (Å²) in [5.41, 5.74) is 1.65. The Bertz CT molecular complexity index is 841. The van der Waals surface area contributed by atoms with Crippen molar-refractivity contribution in [1.82, 2.24) is 4.90 Å². The van der Waals surface area contributed by atoms with Crippen LogP contribution in [-0.4, -0.2) is 22.2 Å². The highest BCUT2D eigenvalue weighted by Gasteiger charge is 2.50. The van der Waals surface area contributed by atoms with Gasteiger partial charge < -0.3 is 4.90 Å². The van der Waals surface area contributed by atoms with Crippen LogP contribution < -0.4 is 0 Å². The lowest BCUT2D eigenvalue weighted by atomic mass is 9.68. The minimum absolute atomic E-state index is 0.0306. The zero-order chi connectivity index (χ0) is 19.0. The predicted octanol–water partition coefficient (Wildman–Crippen LogP) is 6.75. The standard InChI is InChI=1S/C22H22Cl3NO/c23-16-9-10-17(19(24)14-16)21(27)26-13-12-22(25)11-5-4-8-18(22)20(26)15-6-2-1-3-7-15/h1-3,6-7,9-10,14,18,20H,4-5,8,11-13H2. The number of halogens is 3. The summed E-state index contributed by atoms with van der Waals surface area (Å²) in [5, 5.41) is 0.924. The second-order valence-electron chi connectivity index (χ2n) is 7.62. The minimum Gasteiger partial charge on any atom is -0.331 e. The summed E-state index contributed by atoms with van der Waals surface area (Å²) in [5.74, 6) is 0.203. The molecule has 1 amide bonds. The average molecular weight is 423 g/mol. The van der Waals surface area contributed by atoms with E-state index in [4.69, 9.17) is 34.8 Å². The summed E-state index contributed by atoms with van der Waals surface area (Å²) < 4.78 is 0. The first-order valence-corrected chi connectivity index (χ1v) is 10.6. The molecule has 0 spiro atoms. The number of hydrogen-bond donors (Lipinski definition) is 0. The van der Waals surface area contributed by atoms with Gasteiger partial charge in [-0.25, -0.2) is 0 Å². The number of hydrogen-bond acceptors (Lipinski definition) is 1.